The molecule has 0 bridgehead atoms. The zero-order chi connectivity index (χ0) is 23.6. The number of hydrazone groups is 1. The highest BCUT2D eigenvalue weighted by molar-refractivity contribution is 6.26. The van der Waals surface area contributed by atoms with Gasteiger partial charge in [0, 0.05) is 5.39 Å². The van der Waals surface area contributed by atoms with Gasteiger partial charge < -0.3 is 5.11 Å². The van der Waals surface area contributed by atoms with Crippen molar-refractivity contribution >= 4 is 28.8 Å². The predicted molar refractivity (Wildman–Crippen MR) is 124 cm³/mol. The summed E-state index contributed by atoms with van der Waals surface area (Å²) in [5.41, 5.74) is 1.11. The Labute approximate surface area is 191 Å². The van der Waals surface area contributed by atoms with Gasteiger partial charge in [-0.05, 0) is 53.6 Å². The highest BCUT2D eigenvalue weighted by atomic mass is 16.3. The van der Waals surface area contributed by atoms with Gasteiger partial charge in [-0.3, -0.25) is 19.4 Å². The van der Waals surface area contributed by atoms with Crippen molar-refractivity contribution in [3.05, 3.63) is 103 Å². The summed E-state index contributed by atoms with van der Waals surface area (Å²) in [5.74, 6) is -1.92. The summed E-state index contributed by atoms with van der Waals surface area (Å²) in [4.78, 5) is 53.2. The zero-order valence-corrected chi connectivity index (χ0v) is 17.6. The smallest absolute Gasteiger partial charge is 0.335 e. The second-order valence-electron chi connectivity index (χ2n) is 8.13. The summed E-state index contributed by atoms with van der Waals surface area (Å²) in [6, 6.07) is 15.4. The molecule has 0 unspecified atom stereocenters. The third-order valence-electron chi connectivity index (χ3n) is 6.28. The molecule has 166 valence electrons. The zero-order valence-electron chi connectivity index (χ0n) is 17.6. The number of aromatic amines is 1. The van der Waals surface area contributed by atoms with Crippen LogP contribution in [-0.2, 0) is 12.8 Å². The molecule has 6 rings (SSSR count). The Morgan fingerprint density at radius 1 is 0.824 bits per heavy atom. The lowest BCUT2D eigenvalue weighted by atomic mass is 9.92. The van der Waals surface area contributed by atoms with E-state index in [9.17, 15) is 24.3 Å². The molecule has 9 heteroatoms. The molecular weight excluding hydrogens is 436 g/mol. The van der Waals surface area contributed by atoms with Gasteiger partial charge in [-0.25, -0.2) is 9.36 Å². The highest BCUT2D eigenvalue weighted by Crippen LogP contribution is 2.38. The second kappa shape index (κ2) is 7.11. The average molecular weight is 452 g/mol. The van der Waals surface area contributed by atoms with Crippen LogP contribution in [0, 0.1) is 0 Å². The van der Waals surface area contributed by atoms with Crippen LogP contribution in [0.25, 0.3) is 16.5 Å². The number of H-pyrrole nitrogens is 1. The van der Waals surface area contributed by atoms with E-state index in [1.165, 1.54) is 0 Å². The molecule has 0 spiro atoms. The molecule has 2 amide bonds. The van der Waals surface area contributed by atoms with Crippen LogP contribution in [0.3, 0.4) is 0 Å². The van der Waals surface area contributed by atoms with E-state index in [2.05, 4.69) is 10.1 Å². The lowest BCUT2D eigenvalue weighted by Crippen LogP contribution is -2.37. The van der Waals surface area contributed by atoms with Gasteiger partial charge >= 0.3 is 5.69 Å². The number of aromatic hydroxyl groups is 1. The van der Waals surface area contributed by atoms with Crippen LogP contribution in [0.15, 0.2) is 69.3 Å². The Morgan fingerprint density at radius 2 is 1.44 bits per heavy atom. The molecule has 34 heavy (non-hydrogen) atoms. The van der Waals surface area contributed by atoms with Crippen molar-refractivity contribution in [3.63, 3.8) is 0 Å². The number of rotatable bonds is 3. The minimum absolute atomic E-state index is 0.318. The van der Waals surface area contributed by atoms with Crippen molar-refractivity contribution in [2.75, 3.05) is 0 Å². The summed E-state index contributed by atoms with van der Waals surface area (Å²) < 4.78 is 0.900. The third kappa shape index (κ3) is 2.70. The lowest BCUT2D eigenvalue weighted by Gasteiger charge is -2.23. The fourth-order valence-corrected chi connectivity index (χ4v) is 4.70. The van der Waals surface area contributed by atoms with Gasteiger partial charge in [0.15, 0.2) is 0 Å². The van der Waals surface area contributed by atoms with Crippen LogP contribution in [-0.4, -0.2) is 37.7 Å². The molecule has 2 heterocycles. The molecule has 0 saturated heterocycles. The number of amides is 2. The van der Waals surface area contributed by atoms with E-state index in [1.807, 2.05) is 12.1 Å². The predicted octanol–water partition coefficient (Wildman–Crippen LogP) is 2.11. The molecule has 2 aliphatic rings. The Balaban J connectivity index is 1.46. The van der Waals surface area contributed by atoms with Crippen molar-refractivity contribution in [2.45, 2.75) is 12.8 Å². The van der Waals surface area contributed by atoms with E-state index in [4.69, 9.17) is 0 Å². The van der Waals surface area contributed by atoms with E-state index in [-0.39, 0.29) is 5.56 Å². The van der Waals surface area contributed by atoms with Crippen molar-refractivity contribution in [1.29, 1.82) is 0 Å². The normalized spacial score (nSPS) is 14.5. The van der Waals surface area contributed by atoms with Gasteiger partial charge in [0.25, 0.3) is 17.4 Å². The summed E-state index contributed by atoms with van der Waals surface area (Å²) in [6.45, 7) is 0. The Bertz CT molecular complexity index is 1640. The van der Waals surface area contributed by atoms with Crippen molar-refractivity contribution in [3.8, 4) is 11.6 Å². The third-order valence-corrected chi connectivity index (χ3v) is 6.28. The largest absolute Gasteiger partial charge is 0.493 e. The number of para-hydroxylation sites is 1. The molecule has 0 atom stereocenters. The van der Waals surface area contributed by atoms with Crippen LogP contribution < -0.4 is 11.2 Å². The Morgan fingerprint density at radius 3 is 2.06 bits per heavy atom. The number of nitrogens with zero attached hydrogens (tertiary/aromatic N) is 3. The molecule has 0 radical (unpaired) electrons. The first kappa shape index (κ1) is 19.9. The van der Waals surface area contributed by atoms with Gasteiger partial charge in [-0.2, -0.15) is 10.1 Å². The van der Waals surface area contributed by atoms with Crippen molar-refractivity contribution in [2.24, 2.45) is 5.10 Å². The van der Waals surface area contributed by atoms with Crippen LogP contribution in [0.5, 0.6) is 5.88 Å². The monoisotopic (exact) mass is 452 g/mol. The number of carbonyl (C=O) groups excluding carboxylic acids is 2. The molecule has 9 nitrogen and oxygen atoms in total. The van der Waals surface area contributed by atoms with Gasteiger partial charge in [0.2, 0.25) is 5.88 Å². The first-order valence-electron chi connectivity index (χ1n) is 10.6. The number of hydrogen-bond acceptors (Lipinski definition) is 6. The molecule has 2 N–H and O–H groups in total. The van der Waals surface area contributed by atoms with Gasteiger partial charge in [-0.1, -0.05) is 30.3 Å². The Kier molecular flexibility index (Phi) is 4.15. The summed E-state index contributed by atoms with van der Waals surface area (Å²) in [5, 5.41) is 16.9. The first-order valence-corrected chi connectivity index (χ1v) is 10.6. The maximum atomic E-state index is 13.2. The van der Waals surface area contributed by atoms with Gasteiger partial charge in [-0.15, -0.1) is 0 Å². The average Bonchev–Trinajstić information content (AvgIpc) is 3.26. The van der Waals surface area contributed by atoms with E-state index >= 15 is 0 Å². The van der Waals surface area contributed by atoms with Gasteiger partial charge in [0.1, 0.15) is 5.56 Å². The number of imide groups is 1. The van der Waals surface area contributed by atoms with E-state index in [0.717, 1.165) is 40.1 Å². The molecular formula is C25H16N4O5. The number of aryl methyl sites for hydroxylation is 2. The van der Waals surface area contributed by atoms with Crippen LogP contribution in [0.4, 0.5) is 0 Å². The summed E-state index contributed by atoms with van der Waals surface area (Å²) in [7, 11) is 0. The maximum absolute atomic E-state index is 13.2. The highest BCUT2D eigenvalue weighted by Gasteiger charge is 2.35. The lowest BCUT2D eigenvalue weighted by molar-refractivity contribution is 0.0616. The maximum Gasteiger partial charge on any atom is 0.335 e. The quantitative estimate of drug-likeness (QED) is 0.364. The van der Waals surface area contributed by atoms with Crippen LogP contribution in [0.1, 0.15) is 37.4 Å². The summed E-state index contributed by atoms with van der Waals surface area (Å²) in [6.07, 6.45) is 2.63. The second-order valence-corrected chi connectivity index (χ2v) is 8.13. The topological polar surface area (TPSA) is 125 Å². The SMILES string of the molecule is O=C1c2ccc3c4c(ccc(c24)C(=O)N1N=Cc1c(O)n(-c2ccccc2)c(=O)[nH]c1=O)CC3. The Hall–Kier alpha value is -4.79. The molecule has 1 aliphatic carbocycles. The number of nitrogens with one attached hydrogen (secondary N) is 1. The van der Waals surface area contributed by atoms with Crippen molar-refractivity contribution < 1.29 is 14.7 Å². The fraction of sp³-hybridized carbons (Fsp3) is 0.0800. The number of hydrogen-bond donors (Lipinski definition) is 2. The molecule has 0 saturated carbocycles. The molecule has 3 aromatic carbocycles. The minimum atomic E-state index is -0.905. The molecule has 4 aromatic rings. The molecule has 1 aromatic heterocycles. The van der Waals surface area contributed by atoms with Crippen molar-refractivity contribution in [1.82, 2.24) is 14.6 Å². The first-order chi connectivity index (χ1) is 16.5. The minimum Gasteiger partial charge on any atom is -0.493 e. The number of carbonyl (C=O) groups is 2. The van der Waals surface area contributed by atoms with Crippen LogP contribution >= 0.6 is 0 Å². The van der Waals surface area contributed by atoms with Gasteiger partial charge in [0.05, 0.1) is 23.0 Å². The van der Waals surface area contributed by atoms with Crippen LogP contribution in [0.2, 0.25) is 0 Å². The summed E-state index contributed by atoms with van der Waals surface area (Å²) >= 11 is 0. The standard InChI is InChI=1S/C25H16N4O5/c30-21-18(22(31)28(25(34)27-21)15-4-2-1-3-5-15)12-26-29-23(32)16-10-8-13-6-7-14-9-11-17(24(29)33)20(16)19(13)14/h1-5,8-12,31H,6-7H2,(H,27,30,34). The van der Waals surface area contributed by atoms with E-state index < -0.39 is 28.9 Å². The number of aromatic nitrogens is 2. The van der Waals surface area contributed by atoms with E-state index in [0.29, 0.717) is 27.2 Å². The number of benzene rings is 3. The fourth-order valence-electron chi connectivity index (χ4n) is 4.70. The molecule has 1 aliphatic heterocycles. The molecule has 0 fully saturated rings. The van der Waals surface area contributed by atoms with E-state index in [1.54, 1.807) is 42.5 Å².